The van der Waals surface area contributed by atoms with Crippen LogP contribution in [0.2, 0.25) is 0 Å². The summed E-state index contributed by atoms with van der Waals surface area (Å²) in [7, 11) is 1.59. The number of methoxy groups -OCH3 is 1. The number of thiophene rings is 1. The predicted octanol–water partition coefficient (Wildman–Crippen LogP) is 2.55. The van der Waals surface area contributed by atoms with E-state index in [0.717, 1.165) is 4.88 Å². The fraction of sp³-hybridized carbons (Fsp3) is 0.368. The monoisotopic (exact) mass is 372 g/mol. The summed E-state index contributed by atoms with van der Waals surface area (Å²) in [5.74, 6) is 1.11. The van der Waals surface area contributed by atoms with Crippen LogP contribution in [-0.4, -0.2) is 49.1 Å². The van der Waals surface area contributed by atoms with Crippen LogP contribution in [-0.2, 0) is 0 Å². The van der Waals surface area contributed by atoms with Crippen molar-refractivity contribution in [1.29, 1.82) is 0 Å². The quantitative estimate of drug-likeness (QED) is 0.880. The molecule has 0 bridgehead atoms. The molecule has 6 nitrogen and oxygen atoms in total. The molecule has 0 unspecified atom stereocenters. The maximum Gasteiger partial charge on any atom is 0.263 e. The van der Waals surface area contributed by atoms with E-state index >= 15 is 0 Å². The number of likely N-dealkylation sites (tertiary alicyclic amines) is 1. The van der Waals surface area contributed by atoms with Gasteiger partial charge in [-0.15, -0.1) is 11.3 Å². The zero-order chi connectivity index (χ0) is 18.1. The van der Waals surface area contributed by atoms with E-state index in [1.54, 1.807) is 25.3 Å². The first-order valence-corrected chi connectivity index (χ1v) is 9.46. The molecule has 7 heteroatoms. The third-order valence-corrected chi connectivity index (χ3v) is 5.88. The van der Waals surface area contributed by atoms with Crippen molar-refractivity contribution >= 4 is 23.2 Å². The van der Waals surface area contributed by atoms with Crippen LogP contribution in [0, 0.1) is 0 Å². The Labute approximate surface area is 155 Å². The second-order valence-corrected chi connectivity index (χ2v) is 7.55. The summed E-state index contributed by atoms with van der Waals surface area (Å²) < 4.78 is 11.6. The Kier molecular flexibility index (Phi) is 4.32. The largest absolute Gasteiger partial charge is 0.497 e. The zero-order valence-corrected chi connectivity index (χ0v) is 15.3. The SMILES string of the molecule is COc1ccc2c(c1)OC1(CCN(C(=O)c3cccs3)CC1)CNC2=O. The highest BCUT2D eigenvalue weighted by atomic mass is 32.1. The van der Waals surface area contributed by atoms with Gasteiger partial charge in [-0.1, -0.05) is 6.07 Å². The van der Waals surface area contributed by atoms with E-state index in [1.165, 1.54) is 11.3 Å². The molecule has 3 heterocycles. The number of rotatable bonds is 2. The minimum absolute atomic E-state index is 0.0644. The van der Waals surface area contributed by atoms with E-state index in [0.29, 0.717) is 49.5 Å². The number of ether oxygens (including phenoxy) is 2. The summed E-state index contributed by atoms with van der Waals surface area (Å²) in [6.07, 6.45) is 1.34. The molecule has 0 aliphatic carbocycles. The Bertz CT molecular complexity index is 826. The van der Waals surface area contributed by atoms with Crippen LogP contribution in [0.5, 0.6) is 11.5 Å². The van der Waals surface area contributed by atoms with Gasteiger partial charge >= 0.3 is 0 Å². The van der Waals surface area contributed by atoms with Crippen LogP contribution in [0.25, 0.3) is 0 Å². The predicted molar refractivity (Wildman–Crippen MR) is 98.1 cm³/mol. The summed E-state index contributed by atoms with van der Waals surface area (Å²) in [6.45, 7) is 1.64. The van der Waals surface area contributed by atoms with Crippen LogP contribution in [0.3, 0.4) is 0 Å². The second-order valence-electron chi connectivity index (χ2n) is 6.60. The van der Waals surface area contributed by atoms with Crippen LogP contribution in [0.4, 0.5) is 0 Å². The molecule has 2 amide bonds. The number of carbonyl (C=O) groups excluding carboxylic acids is 2. The third-order valence-electron chi connectivity index (χ3n) is 5.02. The molecule has 2 aliphatic heterocycles. The second kappa shape index (κ2) is 6.64. The first kappa shape index (κ1) is 16.9. The Morgan fingerprint density at radius 3 is 2.81 bits per heavy atom. The summed E-state index contributed by atoms with van der Waals surface area (Å²) in [6, 6.07) is 8.96. The molecule has 1 fully saturated rings. The molecule has 1 aromatic carbocycles. The highest BCUT2D eigenvalue weighted by molar-refractivity contribution is 7.12. The first-order valence-electron chi connectivity index (χ1n) is 8.58. The van der Waals surface area contributed by atoms with E-state index in [4.69, 9.17) is 9.47 Å². The highest BCUT2D eigenvalue weighted by Crippen LogP contribution is 2.35. The minimum Gasteiger partial charge on any atom is -0.497 e. The van der Waals surface area contributed by atoms with Gasteiger partial charge in [0.2, 0.25) is 0 Å². The lowest BCUT2D eigenvalue weighted by atomic mass is 9.90. The topological polar surface area (TPSA) is 67.9 Å². The molecule has 2 aliphatic rings. The molecule has 0 saturated carbocycles. The number of fused-ring (bicyclic) bond motifs is 1. The number of amides is 2. The van der Waals surface area contributed by atoms with Crippen molar-refractivity contribution in [2.75, 3.05) is 26.7 Å². The van der Waals surface area contributed by atoms with Gasteiger partial charge in [0.1, 0.15) is 17.1 Å². The number of carbonyl (C=O) groups is 2. The molecule has 1 aromatic heterocycles. The lowest BCUT2D eigenvalue weighted by Crippen LogP contribution is -2.54. The van der Waals surface area contributed by atoms with Gasteiger partial charge in [-0.2, -0.15) is 0 Å². The first-order chi connectivity index (χ1) is 12.6. The zero-order valence-electron chi connectivity index (χ0n) is 14.5. The van der Waals surface area contributed by atoms with Crippen molar-refractivity contribution in [2.24, 2.45) is 0 Å². The maximum absolute atomic E-state index is 12.5. The van der Waals surface area contributed by atoms with Crippen LogP contribution >= 0.6 is 11.3 Å². The van der Waals surface area contributed by atoms with E-state index < -0.39 is 5.60 Å². The number of hydrogen-bond donors (Lipinski definition) is 1. The van der Waals surface area contributed by atoms with Crippen LogP contribution < -0.4 is 14.8 Å². The average molecular weight is 372 g/mol. The lowest BCUT2D eigenvalue weighted by Gasteiger charge is -2.41. The molecule has 0 atom stereocenters. The number of hydrogen-bond acceptors (Lipinski definition) is 5. The molecule has 26 heavy (non-hydrogen) atoms. The number of piperidine rings is 1. The van der Waals surface area contributed by atoms with Gasteiger partial charge in [-0.05, 0) is 23.6 Å². The summed E-state index contributed by atoms with van der Waals surface area (Å²) in [5, 5.41) is 4.87. The van der Waals surface area contributed by atoms with Gasteiger partial charge in [0.25, 0.3) is 11.8 Å². The fourth-order valence-electron chi connectivity index (χ4n) is 3.46. The van der Waals surface area contributed by atoms with Gasteiger partial charge in [0.15, 0.2) is 0 Å². The van der Waals surface area contributed by atoms with Crippen molar-refractivity contribution in [3.63, 3.8) is 0 Å². The fourth-order valence-corrected chi connectivity index (χ4v) is 4.15. The van der Waals surface area contributed by atoms with Crippen LogP contribution in [0.15, 0.2) is 35.7 Å². The van der Waals surface area contributed by atoms with E-state index in [1.807, 2.05) is 22.4 Å². The molecule has 1 N–H and O–H groups in total. The normalized spacial score (nSPS) is 18.5. The van der Waals surface area contributed by atoms with Crippen molar-refractivity contribution in [2.45, 2.75) is 18.4 Å². The standard InChI is InChI=1S/C19H20N2O4S/c1-24-13-4-5-14-15(11-13)25-19(12-20-17(14)22)6-8-21(9-7-19)18(23)16-3-2-10-26-16/h2-5,10-11H,6-9,12H2,1H3,(H,20,22). The Morgan fingerprint density at radius 1 is 1.31 bits per heavy atom. The molecule has 1 spiro atoms. The van der Waals surface area contributed by atoms with E-state index in [2.05, 4.69) is 5.32 Å². The third kappa shape index (κ3) is 3.03. The Hall–Kier alpha value is -2.54. The summed E-state index contributed by atoms with van der Waals surface area (Å²) >= 11 is 1.46. The number of nitrogens with zero attached hydrogens (tertiary/aromatic N) is 1. The minimum atomic E-state index is -0.500. The van der Waals surface area contributed by atoms with Gasteiger partial charge in [0.05, 0.1) is 24.1 Å². The van der Waals surface area contributed by atoms with Crippen molar-refractivity contribution < 1.29 is 19.1 Å². The molecule has 1 saturated heterocycles. The maximum atomic E-state index is 12.5. The smallest absolute Gasteiger partial charge is 0.263 e. The van der Waals surface area contributed by atoms with Gasteiger partial charge in [-0.3, -0.25) is 9.59 Å². The summed E-state index contributed by atoms with van der Waals surface area (Å²) in [4.78, 5) is 27.5. The van der Waals surface area contributed by atoms with Crippen molar-refractivity contribution in [3.8, 4) is 11.5 Å². The molecular formula is C19H20N2O4S. The average Bonchev–Trinajstić information content (AvgIpc) is 3.17. The van der Waals surface area contributed by atoms with Crippen LogP contribution in [0.1, 0.15) is 32.9 Å². The van der Waals surface area contributed by atoms with Crippen molar-refractivity contribution in [3.05, 3.63) is 46.2 Å². The molecular weight excluding hydrogens is 352 g/mol. The number of nitrogens with one attached hydrogen (secondary N) is 1. The van der Waals surface area contributed by atoms with Crippen molar-refractivity contribution in [1.82, 2.24) is 10.2 Å². The molecule has 0 radical (unpaired) electrons. The Balaban J connectivity index is 1.53. The molecule has 2 aromatic rings. The lowest BCUT2D eigenvalue weighted by molar-refractivity contribution is 0.00779. The molecule has 136 valence electrons. The van der Waals surface area contributed by atoms with E-state index in [9.17, 15) is 9.59 Å². The highest BCUT2D eigenvalue weighted by Gasteiger charge is 2.41. The Morgan fingerprint density at radius 2 is 2.12 bits per heavy atom. The van der Waals surface area contributed by atoms with Gasteiger partial charge in [-0.25, -0.2) is 0 Å². The van der Waals surface area contributed by atoms with Gasteiger partial charge in [0, 0.05) is 32.0 Å². The van der Waals surface area contributed by atoms with Gasteiger partial charge < -0.3 is 19.7 Å². The number of benzene rings is 1. The van der Waals surface area contributed by atoms with E-state index in [-0.39, 0.29) is 11.8 Å². The molecule has 4 rings (SSSR count). The summed E-state index contributed by atoms with van der Waals surface area (Å²) in [5.41, 5.74) is 0.0132.